The zero-order valence-electron chi connectivity index (χ0n) is 10.3. The fraction of sp³-hybridized carbons (Fsp3) is 0.286. The number of unbranched alkanes of at least 4 members (excludes halogenated alkanes) is 1. The molecule has 1 aromatic carbocycles. The largest absolute Gasteiger partial charge is 0.872 e. The van der Waals surface area contributed by atoms with Gasteiger partial charge in [0.05, 0.1) is 0 Å². The first-order valence-electron chi connectivity index (χ1n) is 6.09. The molecule has 0 fully saturated rings. The van der Waals surface area contributed by atoms with E-state index in [2.05, 4.69) is 4.98 Å². The Labute approximate surface area is 110 Å². The van der Waals surface area contributed by atoms with E-state index in [1.165, 1.54) is 12.3 Å². The molecular weight excluding hydrogens is 246 g/mol. The van der Waals surface area contributed by atoms with Crippen molar-refractivity contribution in [2.75, 3.05) is 0 Å². The fourth-order valence-electron chi connectivity index (χ4n) is 1.78. The van der Waals surface area contributed by atoms with Crippen molar-refractivity contribution in [1.82, 2.24) is 4.98 Å². The highest BCUT2D eigenvalue weighted by Crippen LogP contribution is 2.26. The third-order valence-corrected chi connectivity index (χ3v) is 2.75. The molecule has 0 bridgehead atoms. The molecule has 1 N–H and O–H groups in total. The first-order valence-corrected chi connectivity index (χ1v) is 6.09. The third kappa shape index (κ3) is 3.58. The number of carboxylic acid groups (broad SMARTS) is 1. The van der Waals surface area contributed by atoms with Gasteiger partial charge in [-0.2, -0.15) is 0 Å². The Morgan fingerprint density at radius 2 is 2.11 bits per heavy atom. The molecule has 0 spiro atoms. The second-order valence-corrected chi connectivity index (χ2v) is 4.22. The van der Waals surface area contributed by atoms with Crippen molar-refractivity contribution in [3.05, 3.63) is 36.4 Å². The highest BCUT2D eigenvalue weighted by atomic mass is 16.4. The molecule has 100 valence electrons. The molecule has 0 atom stereocenters. The number of para-hydroxylation sites is 1. The van der Waals surface area contributed by atoms with Gasteiger partial charge < -0.3 is 14.6 Å². The van der Waals surface area contributed by atoms with Crippen molar-refractivity contribution >= 4 is 5.97 Å². The molecule has 0 aliphatic carbocycles. The summed E-state index contributed by atoms with van der Waals surface area (Å²) in [6.07, 6.45) is 3.48. The van der Waals surface area contributed by atoms with Gasteiger partial charge in [0, 0.05) is 12.8 Å². The molecule has 0 radical (unpaired) electrons. The van der Waals surface area contributed by atoms with Gasteiger partial charge in [-0.25, -0.2) is 4.98 Å². The van der Waals surface area contributed by atoms with E-state index < -0.39 is 5.97 Å². The van der Waals surface area contributed by atoms with E-state index in [9.17, 15) is 9.90 Å². The van der Waals surface area contributed by atoms with Gasteiger partial charge in [-0.1, -0.05) is 30.0 Å². The van der Waals surface area contributed by atoms with Crippen LogP contribution in [0.2, 0.25) is 0 Å². The number of aliphatic carboxylic acids is 1. The SMILES string of the molecule is O=C(O)CCCCc1nc(-c2ccccc2[O-])co1. The van der Waals surface area contributed by atoms with Crippen LogP contribution in [0.15, 0.2) is 34.9 Å². The minimum Gasteiger partial charge on any atom is -0.872 e. The number of aromatic nitrogens is 1. The number of carbonyl (C=O) groups is 1. The van der Waals surface area contributed by atoms with Gasteiger partial charge in [0.1, 0.15) is 12.0 Å². The predicted octanol–water partition coefficient (Wildman–Crippen LogP) is 2.21. The quantitative estimate of drug-likeness (QED) is 0.805. The molecule has 5 nitrogen and oxygen atoms in total. The molecule has 0 saturated carbocycles. The van der Waals surface area contributed by atoms with Gasteiger partial charge in [0.2, 0.25) is 0 Å². The van der Waals surface area contributed by atoms with Crippen molar-refractivity contribution in [3.8, 4) is 17.0 Å². The molecule has 1 heterocycles. The maximum atomic E-state index is 11.6. The van der Waals surface area contributed by atoms with Crippen molar-refractivity contribution in [2.45, 2.75) is 25.7 Å². The number of oxazole rings is 1. The van der Waals surface area contributed by atoms with Crippen molar-refractivity contribution in [3.63, 3.8) is 0 Å². The maximum Gasteiger partial charge on any atom is 0.303 e. The summed E-state index contributed by atoms with van der Waals surface area (Å²) in [5, 5.41) is 20.1. The second-order valence-electron chi connectivity index (χ2n) is 4.22. The lowest BCUT2D eigenvalue weighted by Crippen LogP contribution is -1.95. The average molecular weight is 260 g/mol. The van der Waals surface area contributed by atoms with Crippen LogP contribution < -0.4 is 5.11 Å². The Hall–Kier alpha value is -2.30. The van der Waals surface area contributed by atoms with Gasteiger partial charge in [-0.3, -0.25) is 4.79 Å². The van der Waals surface area contributed by atoms with E-state index in [0.717, 1.165) is 0 Å². The number of carboxylic acids is 1. The Bertz CT molecular complexity index is 562. The molecule has 19 heavy (non-hydrogen) atoms. The van der Waals surface area contributed by atoms with Gasteiger partial charge >= 0.3 is 5.97 Å². The van der Waals surface area contributed by atoms with Crippen LogP contribution in [0.25, 0.3) is 11.3 Å². The molecule has 5 heteroatoms. The summed E-state index contributed by atoms with van der Waals surface area (Å²) < 4.78 is 5.28. The lowest BCUT2D eigenvalue weighted by Gasteiger charge is -2.09. The molecule has 1 aromatic heterocycles. The molecule has 0 saturated heterocycles. The smallest absolute Gasteiger partial charge is 0.303 e. The van der Waals surface area contributed by atoms with Crippen LogP contribution in [0.5, 0.6) is 5.75 Å². The number of hydrogen-bond donors (Lipinski definition) is 1. The van der Waals surface area contributed by atoms with Crippen molar-refractivity contribution in [1.29, 1.82) is 0 Å². The summed E-state index contributed by atoms with van der Waals surface area (Å²) in [7, 11) is 0. The topological polar surface area (TPSA) is 86.4 Å². The fourth-order valence-corrected chi connectivity index (χ4v) is 1.78. The van der Waals surface area contributed by atoms with Crippen LogP contribution in [-0.2, 0) is 11.2 Å². The van der Waals surface area contributed by atoms with E-state index in [1.54, 1.807) is 18.2 Å². The average Bonchev–Trinajstić information content (AvgIpc) is 2.83. The Morgan fingerprint density at radius 1 is 1.32 bits per heavy atom. The molecular formula is C14H14NO4-. The number of hydrogen-bond acceptors (Lipinski definition) is 4. The van der Waals surface area contributed by atoms with Crippen LogP contribution in [0, 0.1) is 0 Å². The predicted molar refractivity (Wildman–Crippen MR) is 66.6 cm³/mol. The summed E-state index contributed by atoms with van der Waals surface area (Å²) >= 11 is 0. The first-order chi connectivity index (χ1) is 9.16. The zero-order valence-corrected chi connectivity index (χ0v) is 10.3. The van der Waals surface area contributed by atoms with Crippen LogP contribution in [0.3, 0.4) is 0 Å². The minimum absolute atomic E-state index is 0.0896. The van der Waals surface area contributed by atoms with Crippen LogP contribution in [-0.4, -0.2) is 16.1 Å². The zero-order chi connectivity index (χ0) is 13.7. The third-order valence-electron chi connectivity index (χ3n) is 2.75. The number of benzene rings is 1. The lowest BCUT2D eigenvalue weighted by atomic mass is 10.1. The van der Waals surface area contributed by atoms with E-state index in [-0.39, 0.29) is 12.2 Å². The van der Waals surface area contributed by atoms with E-state index in [0.29, 0.717) is 36.4 Å². The van der Waals surface area contributed by atoms with Crippen molar-refractivity contribution < 1.29 is 19.4 Å². The molecule has 0 aliphatic heterocycles. The van der Waals surface area contributed by atoms with Crippen LogP contribution in [0.1, 0.15) is 25.2 Å². The van der Waals surface area contributed by atoms with E-state index >= 15 is 0 Å². The molecule has 2 rings (SSSR count). The normalized spacial score (nSPS) is 10.5. The lowest BCUT2D eigenvalue weighted by molar-refractivity contribution is -0.267. The van der Waals surface area contributed by atoms with Gasteiger partial charge in [0.15, 0.2) is 5.89 Å². The molecule has 0 aliphatic rings. The van der Waals surface area contributed by atoms with E-state index in [1.807, 2.05) is 0 Å². The van der Waals surface area contributed by atoms with Crippen molar-refractivity contribution in [2.24, 2.45) is 0 Å². The standard InChI is InChI=1S/C14H15NO4/c16-12-6-2-1-5-10(12)11-9-19-13(15-11)7-3-4-8-14(17)18/h1-2,5-6,9,16H,3-4,7-8H2,(H,17,18)/p-1. The van der Waals surface area contributed by atoms with E-state index in [4.69, 9.17) is 9.52 Å². The summed E-state index contributed by atoms with van der Waals surface area (Å²) in [6.45, 7) is 0. The monoisotopic (exact) mass is 260 g/mol. The van der Waals surface area contributed by atoms with Gasteiger partial charge in [-0.15, -0.1) is 0 Å². The summed E-state index contributed by atoms with van der Waals surface area (Å²) in [5.41, 5.74) is 1.04. The summed E-state index contributed by atoms with van der Waals surface area (Å²) in [5.74, 6) is -0.356. The highest BCUT2D eigenvalue weighted by molar-refractivity contribution is 5.66. The Morgan fingerprint density at radius 3 is 2.84 bits per heavy atom. The van der Waals surface area contributed by atoms with Gasteiger partial charge in [0.25, 0.3) is 0 Å². The number of rotatable bonds is 6. The van der Waals surface area contributed by atoms with Gasteiger partial charge in [-0.05, 0) is 18.4 Å². The minimum atomic E-state index is -0.798. The number of aryl methyl sites for hydroxylation is 1. The Balaban J connectivity index is 1.96. The maximum absolute atomic E-state index is 11.6. The summed E-state index contributed by atoms with van der Waals surface area (Å²) in [4.78, 5) is 14.6. The molecule has 0 amide bonds. The van der Waals surface area contributed by atoms with Crippen LogP contribution >= 0.6 is 0 Å². The Kier molecular flexibility index (Phi) is 4.18. The first kappa shape index (κ1) is 13.1. The highest BCUT2D eigenvalue weighted by Gasteiger charge is 2.07. The summed E-state index contributed by atoms with van der Waals surface area (Å²) in [6, 6.07) is 6.64. The molecule has 2 aromatic rings. The number of nitrogens with zero attached hydrogens (tertiary/aromatic N) is 1. The van der Waals surface area contributed by atoms with Crippen LogP contribution in [0.4, 0.5) is 0 Å². The second kappa shape index (κ2) is 6.04. The molecule has 0 unspecified atom stereocenters.